The van der Waals surface area contributed by atoms with Crippen molar-refractivity contribution in [3.05, 3.63) is 65.7 Å². The molecule has 21 heavy (non-hydrogen) atoms. The summed E-state index contributed by atoms with van der Waals surface area (Å²) in [6, 6.07) is 12.7. The molecule has 0 aliphatic heterocycles. The van der Waals surface area contributed by atoms with Crippen LogP contribution < -0.4 is 0 Å². The van der Waals surface area contributed by atoms with E-state index >= 15 is 0 Å². The molecule has 2 aromatic heterocycles. The van der Waals surface area contributed by atoms with Crippen LogP contribution in [0, 0.1) is 5.82 Å². The molecule has 0 bridgehead atoms. The number of furan rings is 1. The Kier molecular flexibility index (Phi) is 2.69. The summed E-state index contributed by atoms with van der Waals surface area (Å²) >= 11 is 5.82. The lowest BCUT2D eigenvalue weighted by molar-refractivity contribution is 0.628. The minimum Gasteiger partial charge on any atom is -0.456 e. The molecule has 0 fully saturated rings. The van der Waals surface area contributed by atoms with Gasteiger partial charge in [-0.25, -0.2) is 4.39 Å². The number of pyridine rings is 1. The van der Waals surface area contributed by atoms with E-state index in [1.807, 2.05) is 30.3 Å². The third kappa shape index (κ3) is 1.98. The maximum absolute atomic E-state index is 13.8. The predicted octanol–water partition coefficient (Wildman–Crippen LogP) is 5.44. The van der Waals surface area contributed by atoms with Crippen molar-refractivity contribution in [1.82, 2.24) is 4.98 Å². The summed E-state index contributed by atoms with van der Waals surface area (Å²) in [6.45, 7) is 0. The highest BCUT2D eigenvalue weighted by Gasteiger charge is 2.12. The van der Waals surface area contributed by atoms with Crippen LogP contribution >= 0.6 is 11.6 Å². The standard InChI is InChI=1S/C17H9ClFNO/c18-14-5-11-8-20-9-13(12(11)7-15(14)19)17-6-10-3-1-2-4-16(10)21-17/h1-9H. The minimum atomic E-state index is -0.451. The van der Waals surface area contributed by atoms with Gasteiger partial charge in [0.1, 0.15) is 17.2 Å². The zero-order valence-electron chi connectivity index (χ0n) is 10.8. The van der Waals surface area contributed by atoms with Crippen LogP contribution in [0.2, 0.25) is 5.02 Å². The van der Waals surface area contributed by atoms with Crippen molar-refractivity contribution in [1.29, 1.82) is 0 Å². The lowest BCUT2D eigenvalue weighted by Crippen LogP contribution is -1.85. The van der Waals surface area contributed by atoms with Gasteiger partial charge in [-0.1, -0.05) is 29.8 Å². The molecule has 4 aromatic rings. The molecule has 4 rings (SSSR count). The van der Waals surface area contributed by atoms with Crippen molar-refractivity contribution in [2.75, 3.05) is 0 Å². The fraction of sp³-hybridized carbons (Fsp3) is 0. The summed E-state index contributed by atoms with van der Waals surface area (Å²) < 4.78 is 19.6. The number of aromatic nitrogens is 1. The number of para-hydroxylation sites is 1. The first-order valence-electron chi connectivity index (χ1n) is 6.44. The summed E-state index contributed by atoms with van der Waals surface area (Å²) in [5.74, 6) is 0.212. The minimum absolute atomic E-state index is 0.0889. The topological polar surface area (TPSA) is 26.0 Å². The first-order chi connectivity index (χ1) is 10.2. The molecule has 0 spiro atoms. The summed E-state index contributed by atoms with van der Waals surface area (Å²) in [4.78, 5) is 4.19. The second kappa shape index (κ2) is 4.57. The highest BCUT2D eigenvalue weighted by atomic mass is 35.5. The normalized spacial score (nSPS) is 11.3. The molecule has 0 amide bonds. The molecule has 2 aromatic carbocycles. The van der Waals surface area contributed by atoms with Gasteiger partial charge in [-0.2, -0.15) is 0 Å². The molecule has 0 aliphatic carbocycles. The SMILES string of the molecule is Fc1cc2c(-c3cc4ccccc4o3)cncc2cc1Cl. The summed E-state index contributed by atoms with van der Waals surface area (Å²) in [7, 11) is 0. The number of fused-ring (bicyclic) bond motifs is 2. The Labute approximate surface area is 124 Å². The van der Waals surface area contributed by atoms with Crippen LogP contribution in [0.3, 0.4) is 0 Å². The number of halogens is 2. The van der Waals surface area contributed by atoms with Gasteiger partial charge < -0.3 is 4.42 Å². The van der Waals surface area contributed by atoms with Crippen LogP contribution in [0.15, 0.2) is 59.3 Å². The Morgan fingerprint density at radius 2 is 1.86 bits per heavy atom. The van der Waals surface area contributed by atoms with Crippen molar-refractivity contribution < 1.29 is 8.81 Å². The quantitative estimate of drug-likeness (QED) is 0.467. The first-order valence-corrected chi connectivity index (χ1v) is 6.82. The second-order valence-corrected chi connectivity index (χ2v) is 5.23. The Hall–Kier alpha value is -2.39. The Bertz CT molecular complexity index is 944. The Morgan fingerprint density at radius 1 is 1.00 bits per heavy atom. The lowest BCUT2D eigenvalue weighted by Gasteiger charge is -2.04. The van der Waals surface area contributed by atoms with Crippen LogP contribution in [-0.4, -0.2) is 4.98 Å². The van der Waals surface area contributed by atoms with Gasteiger partial charge in [-0.05, 0) is 29.7 Å². The summed E-state index contributed by atoms with van der Waals surface area (Å²) in [6.07, 6.45) is 3.33. The molecule has 102 valence electrons. The maximum atomic E-state index is 13.8. The van der Waals surface area contributed by atoms with Crippen LogP contribution in [0.25, 0.3) is 33.1 Å². The largest absolute Gasteiger partial charge is 0.456 e. The molecular weight excluding hydrogens is 289 g/mol. The van der Waals surface area contributed by atoms with Gasteiger partial charge in [-0.15, -0.1) is 0 Å². The summed E-state index contributed by atoms with van der Waals surface area (Å²) in [5, 5.41) is 2.59. The van der Waals surface area contributed by atoms with Gasteiger partial charge in [0.2, 0.25) is 0 Å². The van der Waals surface area contributed by atoms with Crippen LogP contribution in [-0.2, 0) is 0 Å². The molecule has 0 aliphatic rings. The van der Waals surface area contributed by atoms with E-state index in [0.29, 0.717) is 5.76 Å². The van der Waals surface area contributed by atoms with Gasteiger partial charge in [0.05, 0.1) is 5.02 Å². The van der Waals surface area contributed by atoms with Gasteiger partial charge in [-0.3, -0.25) is 4.98 Å². The van der Waals surface area contributed by atoms with Crippen LogP contribution in [0.5, 0.6) is 0 Å². The van der Waals surface area contributed by atoms with E-state index in [1.165, 1.54) is 6.07 Å². The second-order valence-electron chi connectivity index (χ2n) is 4.82. The monoisotopic (exact) mass is 297 g/mol. The number of rotatable bonds is 1. The fourth-order valence-electron chi connectivity index (χ4n) is 2.47. The molecule has 0 atom stereocenters. The number of benzene rings is 2. The molecule has 0 radical (unpaired) electrons. The molecule has 0 N–H and O–H groups in total. The van der Waals surface area contributed by atoms with E-state index in [4.69, 9.17) is 16.0 Å². The molecule has 2 heterocycles. The van der Waals surface area contributed by atoms with Crippen LogP contribution in [0.1, 0.15) is 0 Å². The third-order valence-electron chi connectivity index (χ3n) is 3.49. The molecular formula is C17H9ClFNO. The van der Waals surface area contributed by atoms with Gasteiger partial charge in [0.25, 0.3) is 0 Å². The fourth-order valence-corrected chi connectivity index (χ4v) is 2.65. The molecule has 2 nitrogen and oxygen atoms in total. The third-order valence-corrected chi connectivity index (χ3v) is 3.78. The molecule has 4 heteroatoms. The number of hydrogen-bond donors (Lipinski definition) is 0. The van der Waals surface area contributed by atoms with E-state index in [9.17, 15) is 4.39 Å². The maximum Gasteiger partial charge on any atom is 0.142 e. The highest BCUT2D eigenvalue weighted by molar-refractivity contribution is 6.31. The first kappa shape index (κ1) is 12.4. The number of hydrogen-bond acceptors (Lipinski definition) is 2. The van der Waals surface area contributed by atoms with E-state index in [1.54, 1.807) is 18.5 Å². The van der Waals surface area contributed by atoms with Gasteiger partial charge in [0.15, 0.2) is 0 Å². The smallest absolute Gasteiger partial charge is 0.142 e. The van der Waals surface area contributed by atoms with Crippen molar-refractivity contribution >= 4 is 33.3 Å². The average Bonchev–Trinajstić information content (AvgIpc) is 2.91. The van der Waals surface area contributed by atoms with Crippen molar-refractivity contribution in [3.63, 3.8) is 0 Å². The van der Waals surface area contributed by atoms with Crippen LogP contribution in [0.4, 0.5) is 4.39 Å². The summed E-state index contributed by atoms with van der Waals surface area (Å²) in [5.41, 5.74) is 1.54. The molecule has 0 saturated carbocycles. The van der Waals surface area contributed by atoms with E-state index in [-0.39, 0.29) is 5.02 Å². The zero-order chi connectivity index (χ0) is 14.4. The van der Waals surface area contributed by atoms with E-state index in [0.717, 1.165) is 27.3 Å². The van der Waals surface area contributed by atoms with Gasteiger partial charge in [0, 0.05) is 28.7 Å². The number of nitrogens with zero attached hydrogens (tertiary/aromatic N) is 1. The highest BCUT2D eigenvalue weighted by Crippen LogP contribution is 2.34. The predicted molar refractivity (Wildman–Crippen MR) is 81.9 cm³/mol. The van der Waals surface area contributed by atoms with Gasteiger partial charge >= 0.3 is 0 Å². The van der Waals surface area contributed by atoms with Crippen molar-refractivity contribution in [3.8, 4) is 11.3 Å². The Morgan fingerprint density at radius 3 is 2.71 bits per heavy atom. The average molecular weight is 298 g/mol. The molecule has 0 unspecified atom stereocenters. The lowest BCUT2D eigenvalue weighted by atomic mass is 10.1. The van der Waals surface area contributed by atoms with Crippen molar-refractivity contribution in [2.45, 2.75) is 0 Å². The van der Waals surface area contributed by atoms with E-state index < -0.39 is 5.82 Å². The van der Waals surface area contributed by atoms with Crippen molar-refractivity contribution in [2.24, 2.45) is 0 Å². The Balaban J connectivity index is 2.03. The molecule has 0 saturated heterocycles. The zero-order valence-corrected chi connectivity index (χ0v) is 11.6. The van der Waals surface area contributed by atoms with E-state index in [2.05, 4.69) is 4.98 Å².